The Hall–Kier alpha value is -3.16. The SMILES string of the molecule is COc1ccc(C(N)=O)c(-c2c(Cl)c(F)cc3c2[C@H](C)[C@@](CO)(c2ccccc2)O3)c1F. The van der Waals surface area contributed by atoms with Gasteiger partial charge in [0.15, 0.2) is 17.2 Å². The maximum Gasteiger partial charge on any atom is 0.249 e. The van der Waals surface area contributed by atoms with Crippen LogP contribution in [0.5, 0.6) is 11.5 Å². The fourth-order valence-electron chi connectivity index (χ4n) is 4.35. The highest BCUT2D eigenvalue weighted by molar-refractivity contribution is 6.34. The maximum absolute atomic E-state index is 15.5. The Bertz CT molecular complexity index is 1220. The van der Waals surface area contributed by atoms with E-state index in [9.17, 15) is 14.3 Å². The zero-order valence-corrected chi connectivity index (χ0v) is 18.0. The molecule has 1 heterocycles. The summed E-state index contributed by atoms with van der Waals surface area (Å²) >= 11 is 6.35. The lowest BCUT2D eigenvalue weighted by molar-refractivity contribution is 0.00737. The van der Waals surface area contributed by atoms with Crippen LogP contribution in [0.1, 0.15) is 34.3 Å². The van der Waals surface area contributed by atoms with E-state index in [1.54, 1.807) is 31.2 Å². The highest BCUT2D eigenvalue weighted by Crippen LogP contribution is 2.56. The third kappa shape index (κ3) is 3.12. The van der Waals surface area contributed by atoms with Crippen LogP contribution >= 0.6 is 11.6 Å². The number of fused-ring (bicyclic) bond motifs is 1. The van der Waals surface area contributed by atoms with Gasteiger partial charge in [-0.2, -0.15) is 0 Å². The van der Waals surface area contributed by atoms with Gasteiger partial charge >= 0.3 is 0 Å². The summed E-state index contributed by atoms with van der Waals surface area (Å²) in [7, 11) is 1.27. The van der Waals surface area contributed by atoms with Gasteiger partial charge in [0.1, 0.15) is 11.6 Å². The van der Waals surface area contributed by atoms with Gasteiger partial charge in [-0.25, -0.2) is 8.78 Å². The number of rotatable bonds is 5. The largest absolute Gasteiger partial charge is 0.494 e. The average Bonchev–Trinajstić information content (AvgIpc) is 3.07. The highest BCUT2D eigenvalue weighted by atomic mass is 35.5. The van der Waals surface area contributed by atoms with E-state index >= 15 is 4.39 Å². The van der Waals surface area contributed by atoms with Crippen LogP contribution in [0.4, 0.5) is 8.78 Å². The van der Waals surface area contributed by atoms with Crippen LogP contribution in [0.25, 0.3) is 11.1 Å². The Balaban J connectivity index is 2.07. The number of nitrogens with two attached hydrogens (primary N) is 1. The van der Waals surface area contributed by atoms with E-state index in [-0.39, 0.29) is 28.2 Å². The number of benzene rings is 3. The predicted molar refractivity (Wildman–Crippen MR) is 116 cm³/mol. The van der Waals surface area contributed by atoms with Crippen molar-refractivity contribution in [2.24, 2.45) is 5.73 Å². The van der Waals surface area contributed by atoms with E-state index in [1.165, 1.54) is 19.2 Å². The zero-order chi connectivity index (χ0) is 23.2. The predicted octanol–water partition coefficient (Wildman–Crippen LogP) is 4.78. The number of aliphatic hydroxyl groups is 1. The third-order valence-corrected chi connectivity index (χ3v) is 6.36. The fourth-order valence-corrected chi connectivity index (χ4v) is 4.60. The van der Waals surface area contributed by atoms with Crippen molar-refractivity contribution in [1.29, 1.82) is 0 Å². The summed E-state index contributed by atoms with van der Waals surface area (Å²) in [5.74, 6) is -3.37. The van der Waals surface area contributed by atoms with E-state index in [4.69, 9.17) is 26.8 Å². The quantitative estimate of drug-likeness (QED) is 0.575. The lowest BCUT2D eigenvalue weighted by Crippen LogP contribution is -2.38. The molecule has 32 heavy (non-hydrogen) atoms. The highest BCUT2D eigenvalue weighted by Gasteiger charge is 2.49. The number of ether oxygens (including phenoxy) is 2. The molecule has 4 rings (SSSR count). The van der Waals surface area contributed by atoms with E-state index in [0.717, 1.165) is 6.07 Å². The van der Waals surface area contributed by atoms with Gasteiger partial charge in [0.25, 0.3) is 0 Å². The van der Waals surface area contributed by atoms with Crippen molar-refractivity contribution in [2.45, 2.75) is 18.4 Å². The number of hydrogen-bond donors (Lipinski definition) is 2. The summed E-state index contributed by atoms with van der Waals surface area (Å²) in [5, 5.41) is 9.98. The number of amides is 1. The number of primary amides is 1. The monoisotopic (exact) mass is 459 g/mol. The topological polar surface area (TPSA) is 81.8 Å². The van der Waals surface area contributed by atoms with Gasteiger partial charge in [-0.3, -0.25) is 4.79 Å². The Morgan fingerprint density at radius 3 is 2.50 bits per heavy atom. The minimum Gasteiger partial charge on any atom is -0.494 e. The first-order valence-electron chi connectivity index (χ1n) is 9.80. The van der Waals surface area contributed by atoms with Crippen molar-refractivity contribution in [2.75, 3.05) is 13.7 Å². The molecule has 0 aromatic heterocycles. The smallest absolute Gasteiger partial charge is 0.249 e. The van der Waals surface area contributed by atoms with Crippen LogP contribution in [-0.2, 0) is 5.60 Å². The molecule has 0 unspecified atom stereocenters. The van der Waals surface area contributed by atoms with Gasteiger partial charge in [0, 0.05) is 28.7 Å². The Labute approximate surface area is 188 Å². The molecule has 0 saturated heterocycles. The second kappa shape index (κ2) is 8.07. The second-order valence-electron chi connectivity index (χ2n) is 7.57. The molecule has 1 aliphatic rings. The molecule has 5 nitrogen and oxygen atoms in total. The molecule has 8 heteroatoms. The molecule has 0 fully saturated rings. The minimum atomic E-state index is -1.27. The lowest BCUT2D eigenvalue weighted by atomic mass is 9.78. The zero-order valence-electron chi connectivity index (χ0n) is 17.3. The van der Waals surface area contributed by atoms with E-state index in [1.807, 2.05) is 6.07 Å². The Morgan fingerprint density at radius 2 is 1.91 bits per heavy atom. The Kier molecular flexibility index (Phi) is 5.56. The summed E-state index contributed by atoms with van der Waals surface area (Å²) in [6.45, 7) is 1.32. The molecular weight excluding hydrogens is 440 g/mol. The standard InChI is InChI=1S/C24H20ClF2NO4/c1-12-18-17(32-24(12,11-29)13-6-4-3-5-7-13)10-15(26)21(25)20(18)19-14(23(28)30)8-9-16(31-2)22(19)27/h3-10,12,29H,11H2,1-2H3,(H2,28,30)/t12-,24-/m0/s1. The molecule has 3 aromatic carbocycles. The molecule has 0 aliphatic carbocycles. The number of methoxy groups -OCH3 is 1. The van der Waals surface area contributed by atoms with Crippen molar-refractivity contribution >= 4 is 17.5 Å². The van der Waals surface area contributed by atoms with Crippen LogP contribution in [0.2, 0.25) is 5.02 Å². The van der Waals surface area contributed by atoms with Crippen LogP contribution in [0, 0.1) is 11.6 Å². The summed E-state index contributed by atoms with van der Waals surface area (Å²) in [6, 6.07) is 12.6. The molecular formula is C24H20ClF2NO4. The number of carbonyl (C=O) groups is 1. The van der Waals surface area contributed by atoms with Gasteiger partial charge in [-0.15, -0.1) is 0 Å². The van der Waals surface area contributed by atoms with Gasteiger partial charge in [-0.1, -0.05) is 48.9 Å². The number of carbonyl (C=O) groups excluding carboxylic acids is 1. The van der Waals surface area contributed by atoms with Gasteiger partial charge < -0.3 is 20.3 Å². The number of aliphatic hydroxyl groups excluding tert-OH is 1. The number of halogens is 3. The van der Waals surface area contributed by atoms with E-state index in [0.29, 0.717) is 11.1 Å². The average molecular weight is 460 g/mol. The van der Waals surface area contributed by atoms with Crippen molar-refractivity contribution < 1.29 is 28.2 Å². The van der Waals surface area contributed by atoms with Crippen molar-refractivity contribution in [3.63, 3.8) is 0 Å². The maximum atomic E-state index is 15.5. The number of hydrogen-bond acceptors (Lipinski definition) is 4. The molecule has 3 N–H and O–H groups in total. The van der Waals surface area contributed by atoms with Crippen LogP contribution in [0.3, 0.4) is 0 Å². The van der Waals surface area contributed by atoms with E-state index in [2.05, 4.69) is 0 Å². The van der Waals surface area contributed by atoms with Crippen molar-refractivity contribution in [1.82, 2.24) is 0 Å². The summed E-state index contributed by atoms with van der Waals surface area (Å²) in [6.07, 6.45) is 0. The summed E-state index contributed by atoms with van der Waals surface area (Å²) in [4.78, 5) is 12.1. The first-order valence-corrected chi connectivity index (χ1v) is 10.2. The van der Waals surface area contributed by atoms with E-state index < -0.39 is 40.7 Å². The molecule has 0 spiro atoms. The van der Waals surface area contributed by atoms with Gasteiger partial charge in [-0.05, 0) is 17.7 Å². The summed E-state index contributed by atoms with van der Waals surface area (Å²) in [5.41, 5.74) is 4.69. The first-order chi connectivity index (χ1) is 15.3. The lowest BCUT2D eigenvalue weighted by Gasteiger charge is -2.32. The third-order valence-electron chi connectivity index (χ3n) is 5.99. The normalized spacial score (nSPS) is 19.4. The molecule has 0 saturated carbocycles. The van der Waals surface area contributed by atoms with Gasteiger partial charge in [0.05, 0.1) is 24.3 Å². The molecule has 1 aliphatic heterocycles. The summed E-state index contributed by atoms with van der Waals surface area (Å²) < 4.78 is 41.6. The van der Waals surface area contributed by atoms with Crippen molar-refractivity contribution in [3.05, 3.63) is 81.9 Å². The van der Waals surface area contributed by atoms with Crippen LogP contribution in [-0.4, -0.2) is 24.7 Å². The molecule has 0 bridgehead atoms. The molecule has 166 valence electrons. The molecule has 2 atom stereocenters. The van der Waals surface area contributed by atoms with Gasteiger partial charge in [0.2, 0.25) is 5.91 Å². The Morgan fingerprint density at radius 1 is 1.22 bits per heavy atom. The minimum absolute atomic E-state index is 0.0642. The fraction of sp³-hybridized carbons (Fsp3) is 0.208. The molecule has 0 radical (unpaired) electrons. The first kappa shape index (κ1) is 22.0. The molecule has 3 aromatic rings. The van der Waals surface area contributed by atoms with Crippen LogP contribution < -0.4 is 15.2 Å². The molecule has 1 amide bonds. The van der Waals surface area contributed by atoms with Crippen LogP contribution in [0.15, 0.2) is 48.5 Å². The second-order valence-corrected chi connectivity index (χ2v) is 7.94. The van der Waals surface area contributed by atoms with Crippen molar-refractivity contribution in [3.8, 4) is 22.6 Å².